The number of carbonyl (C=O) groups excluding carboxylic acids is 1. The van der Waals surface area contributed by atoms with Crippen molar-refractivity contribution >= 4 is 46.1 Å². The fraction of sp³-hybridized carbons (Fsp3) is 0.179. The number of nitrogens with one attached hydrogen (secondary N) is 2. The molecule has 0 unspecified atom stereocenters. The van der Waals surface area contributed by atoms with Crippen LogP contribution in [0.3, 0.4) is 0 Å². The molecule has 2 N–H and O–H groups in total. The second kappa shape index (κ2) is 11.0. The van der Waals surface area contributed by atoms with Crippen LogP contribution >= 0.6 is 12.2 Å². The van der Waals surface area contributed by atoms with E-state index in [0.717, 1.165) is 40.1 Å². The average molecular weight is 486 g/mol. The summed E-state index contributed by atoms with van der Waals surface area (Å²) in [6.45, 7) is 4.38. The first-order valence-corrected chi connectivity index (χ1v) is 11.8. The zero-order chi connectivity index (χ0) is 24.8. The van der Waals surface area contributed by atoms with Crippen LogP contribution < -0.4 is 15.4 Å². The second-order valence-corrected chi connectivity index (χ2v) is 8.59. The van der Waals surface area contributed by atoms with E-state index in [9.17, 15) is 4.79 Å². The lowest BCUT2D eigenvalue weighted by atomic mass is 9.98. The summed E-state index contributed by atoms with van der Waals surface area (Å²) in [5.74, 6) is 1.48. The molecule has 0 saturated heterocycles. The number of methoxy groups -OCH3 is 1. The molecule has 3 aromatic carbocycles. The van der Waals surface area contributed by atoms with Gasteiger partial charge in [0.1, 0.15) is 11.3 Å². The highest BCUT2D eigenvalue weighted by Gasteiger charge is 2.11. The third-order valence-electron chi connectivity index (χ3n) is 5.76. The number of hydrogen-bond acceptors (Lipinski definition) is 5. The van der Waals surface area contributed by atoms with Gasteiger partial charge in [0.2, 0.25) is 11.8 Å². The molecule has 178 valence electrons. The van der Waals surface area contributed by atoms with Crippen LogP contribution in [0.4, 0.5) is 5.69 Å². The predicted molar refractivity (Wildman–Crippen MR) is 145 cm³/mol. The van der Waals surface area contributed by atoms with E-state index < -0.39 is 0 Å². The van der Waals surface area contributed by atoms with Crippen LogP contribution in [0.1, 0.15) is 37.3 Å². The first-order valence-electron chi connectivity index (χ1n) is 11.4. The van der Waals surface area contributed by atoms with E-state index in [4.69, 9.17) is 21.4 Å². The first kappa shape index (κ1) is 24.2. The van der Waals surface area contributed by atoms with Crippen LogP contribution in [0, 0.1) is 0 Å². The highest BCUT2D eigenvalue weighted by Crippen LogP contribution is 2.28. The molecule has 0 bridgehead atoms. The minimum Gasteiger partial charge on any atom is -0.497 e. The molecule has 35 heavy (non-hydrogen) atoms. The zero-order valence-electron chi connectivity index (χ0n) is 19.9. The zero-order valence-corrected chi connectivity index (χ0v) is 20.7. The van der Waals surface area contributed by atoms with Gasteiger partial charge in [-0.2, -0.15) is 0 Å². The number of oxazole rings is 1. The summed E-state index contributed by atoms with van der Waals surface area (Å²) >= 11 is 5.26. The van der Waals surface area contributed by atoms with Gasteiger partial charge in [-0.15, -0.1) is 0 Å². The Morgan fingerprint density at radius 1 is 1.11 bits per heavy atom. The number of rotatable bonds is 7. The number of nitrogens with zero attached hydrogens (tertiary/aromatic N) is 1. The van der Waals surface area contributed by atoms with Crippen LogP contribution in [0.2, 0.25) is 0 Å². The lowest BCUT2D eigenvalue weighted by Crippen LogP contribution is -2.32. The molecule has 0 spiro atoms. The third kappa shape index (κ3) is 6.13. The normalized spacial score (nSPS) is 12.0. The Bertz CT molecular complexity index is 1360. The topological polar surface area (TPSA) is 76.4 Å². The number of thiocarbonyl (C=S) groups is 1. The van der Waals surface area contributed by atoms with Crippen LogP contribution in [-0.2, 0) is 4.79 Å². The molecule has 1 heterocycles. The maximum Gasteiger partial charge on any atom is 0.250 e. The molecule has 4 rings (SSSR count). The number of ether oxygens (including phenoxy) is 1. The Morgan fingerprint density at radius 3 is 2.54 bits per heavy atom. The fourth-order valence-electron chi connectivity index (χ4n) is 3.51. The first-order chi connectivity index (χ1) is 16.9. The van der Waals surface area contributed by atoms with Crippen molar-refractivity contribution in [3.8, 4) is 17.2 Å². The number of carbonyl (C=O) groups is 1. The van der Waals surface area contributed by atoms with Crippen molar-refractivity contribution in [2.45, 2.75) is 26.2 Å². The smallest absolute Gasteiger partial charge is 0.250 e. The summed E-state index contributed by atoms with van der Waals surface area (Å²) in [5.41, 5.74) is 5.36. The molecule has 0 aliphatic carbocycles. The van der Waals surface area contributed by atoms with Gasteiger partial charge in [-0.05, 0) is 90.3 Å². The fourth-order valence-corrected chi connectivity index (χ4v) is 3.73. The van der Waals surface area contributed by atoms with Crippen LogP contribution in [0.15, 0.2) is 77.2 Å². The van der Waals surface area contributed by atoms with Gasteiger partial charge in [-0.25, -0.2) is 4.98 Å². The van der Waals surface area contributed by atoms with Gasteiger partial charge in [0, 0.05) is 17.3 Å². The molecule has 7 heteroatoms. The highest BCUT2D eigenvalue weighted by atomic mass is 32.1. The van der Waals surface area contributed by atoms with Gasteiger partial charge in [0.15, 0.2) is 10.7 Å². The molecule has 0 saturated carbocycles. The quantitative estimate of drug-likeness (QED) is 0.229. The molecule has 0 aliphatic rings. The van der Waals surface area contributed by atoms with Gasteiger partial charge in [0.05, 0.1) is 7.11 Å². The molecule has 1 aromatic heterocycles. The molecule has 0 aliphatic heterocycles. The lowest BCUT2D eigenvalue weighted by Gasteiger charge is -2.08. The standard InChI is InChI=1S/C28H27N3O3S/c1-4-18(2)21-10-15-25-24(17-21)30-27(34-25)20-8-11-22(12-9-20)29-28(35)31-26(32)16-7-19-5-13-23(33-3)14-6-19/h5-18H,4H2,1-3H3,(H2,29,31,32,35)/b16-7+/t18-/m1/s1. The van der Waals surface area contributed by atoms with Gasteiger partial charge in [-0.1, -0.05) is 32.0 Å². The Balaban J connectivity index is 1.35. The third-order valence-corrected chi connectivity index (χ3v) is 5.97. The van der Waals surface area contributed by atoms with E-state index in [-0.39, 0.29) is 11.0 Å². The summed E-state index contributed by atoms with van der Waals surface area (Å²) in [5, 5.41) is 5.87. The van der Waals surface area contributed by atoms with Crippen molar-refractivity contribution in [2.75, 3.05) is 12.4 Å². The van der Waals surface area contributed by atoms with Crippen LogP contribution in [0.5, 0.6) is 5.75 Å². The summed E-state index contributed by atoms with van der Waals surface area (Å²) in [7, 11) is 1.61. The van der Waals surface area contributed by atoms with Crippen molar-refractivity contribution < 1.29 is 13.9 Å². The van der Waals surface area contributed by atoms with Crippen LogP contribution in [0.25, 0.3) is 28.6 Å². The maximum absolute atomic E-state index is 12.2. The number of fused-ring (bicyclic) bond motifs is 1. The van der Waals surface area contributed by atoms with E-state index in [2.05, 4.69) is 41.6 Å². The Labute approximate surface area is 210 Å². The van der Waals surface area contributed by atoms with Crippen molar-refractivity contribution in [2.24, 2.45) is 0 Å². The van der Waals surface area contributed by atoms with Crippen molar-refractivity contribution in [3.05, 3.63) is 83.9 Å². The second-order valence-electron chi connectivity index (χ2n) is 8.18. The predicted octanol–water partition coefficient (Wildman–Crippen LogP) is 6.54. The summed E-state index contributed by atoms with van der Waals surface area (Å²) in [4.78, 5) is 16.8. The van der Waals surface area contributed by atoms with E-state index in [0.29, 0.717) is 11.8 Å². The SMILES string of the molecule is CC[C@@H](C)c1ccc2oc(-c3ccc(NC(=S)NC(=O)/C=C/c4ccc(OC)cc4)cc3)nc2c1. The van der Waals surface area contributed by atoms with Crippen molar-refractivity contribution in [1.29, 1.82) is 0 Å². The summed E-state index contributed by atoms with van der Waals surface area (Å²) in [6, 6.07) is 21.1. The molecule has 1 amide bonds. The van der Waals surface area contributed by atoms with Gasteiger partial charge in [-0.3, -0.25) is 10.1 Å². The van der Waals surface area contributed by atoms with E-state index in [1.54, 1.807) is 13.2 Å². The van der Waals surface area contributed by atoms with Gasteiger partial charge >= 0.3 is 0 Å². The largest absolute Gasteiger partial charge is 0.497 e. The Hall–Kier alpha value is -3.97. The van der Waals surface area contributed by atoms with E-state index >= 15 is 0 Å². The minimum absolute atomic E-state index is 0.210. The summed E-state index contributed by atoms with van der Waals surface area (Å²) in [6.07, 6.45) is 4.21. The molecule has 1 atom stereocenters. The number of aromatic nitrogens is 1. The molecular weight excluding hydrogens is 458 g/mol. The maximum atomic E-state index is 12.2. The van der Waals surface area contributed by atoms with E-state index in [1.165, 1.54) is 11.6 Å². The molecule has 0 fully saturated rings. The Morgan fingerprint density at radius 2 is 1.86 bits per heavy atom. The van der Waals surface area contributed by atoms with Gasteiger partial charge < -0.3 is 14.5 Å². The van der Waals surface area contributed by atoms with Crippen molar-refractivity contribution in [3.63, 3.8) is 0 Å². The highest BCUT2D eigenvalue weighted by molar-refractivity contribution is 7.80. The number of benzene rings is 3. The lowest BCUT2D eigenvalue weighted by molar-refractivity contribution is -0.115. The number of hydrogen-bond donors (Lipinski definition) is 2. The monoisotopic (exact) mass is 485 g/mol. The molecule has 4 aromatic rings. The molecule has 6 nitrogen and oxygen atoms in total. The summed E-state index contributed by atoms with van der Waals surface area (Å²) < 4.78 is 11.1. The van der Waals surface area contributed by atoms with Crippen molar-refractivity contribution in [1.82, 2.24) is 10.3 Å². The Kier molecular flexibility index (Phi) is 7.57. The molecular formula is C28H27N3O3S. The number of amides is 1. The minimum atomic E-state index is -0.321. The van der Waals surface area contributed by atoms with Gasteiger partial charge in [0.25, 0.3) is 0 Å². The molecule has 0 radical (unpaired) electrons. The van der Waals surface area contributed by atoms with E-state index in [1.807, 2.05) is 54.6 Å². The number of anilines is 1. The average Bonchev–Trinajstić information content (AvgIpc) is 3.31. The van der Waals surface area contributed by atoms with Crippen LogP contribution in [-0.4, -0.2) is 23.1 Å².